The van der Waals surface area contributed by atoms with E-state index in [1.807, 2.05) is 37.3 Å². The van der Waals surface area contributed by atoms with Gasteiger partial charge in [-0.05, 0) is 72.1 Å². The molecule has 4 atom stereocenters. The molecule has 5 heteroatoms. The van der Waals surface area contributed by atoms with Crippen LogP contribution in [0.25, 0.3) is 0 Å². The molecule has 2 aromatic rings. The van der Waals surface area contributed by atoms with Crippen molar-refractivity contribution in [2.45, 2.75) is 84.2 Å². The zero-order valence-electron chi connectivity index (χ0n) is 22.2. The molecule has 0 aromatic heterocycles. The van der Waals surface area contributed by atoms with Gasteiger partial charge in [0.2, 0.25) is 0 Å². The van der Waals surface area contributed by atoms with Crippen LogP contribution in [0.1, 0.15) is 94.6 Å². The fraction of sp³-hybridized carbons (Fsp3) is 0.567. The number of hydrogen-bond acceptors (Lipinski definition) is 4. The van der Waals surface area contributed by atoms with Crippen LogP contribution in [0.3, 0.4) is 0 Å². The summed E-state index contributed by atoms with van der Waals surface area (Å²) in [5, 5.41) is 28.7. The number of benzene rings is 2. The van der Waals surface area contributed by atoms with Crippen LogP contribution in [0.15, 0.2) is 48.5 Å². The minimum atomic E-state index is -0.856. The molecule has 0 amide bonds. The Morgan fingerprint density at radius 3 is 2.29 bits per heavy atom. The Balaban J connectivity index is 0.000000277. The number of rotatable bonds is 4. The van der Waals surface area contributed by atoms with Crippen molar-refractivity contribution in [1.29, 1.82) is 0 Å². The third-order valence-electron chi connectivity index (χ3n) is 7.97. The van der Waals surface area contributed by atoms with E-state index in [1.165, 1.54) is 16.7 Å². The number of aryl methyl sites for hydroxylation is 1. The summed E-state index contributed by atoms with van der Waals surface area (Å²) in [5.74, 6) is -0.127. The van der Waals surface area contributed by atoms with Gasteiger partial charge in [-0.2, -0.15) is 0 Å². The minimum Gasteiger partial charge on any atom is -0.550 e. The van der Waals surface area contributed by atoms with E-state index in [4.69, 9.17) is 5.11 Å². The van der Waals surface area contributed by atoms with Gasteiger partial charge in [0.15, 0.2) is 0 Å². The van der Waals surface area contributed by atoms with Gasteiger partial charge in [-0.1, -0.05) is 82.6 Å². The molecule has 0 spiro atoms. The molecule has 0 saturated heterocycles. The summed E-state index contributed by atoms with van der Waals surface area (Å²) >= 11 is 0. The highest BCUT2D eigenvalue weighted by atomic mass is 16.4. The number of hydrogen-bond donors (Lipinski definition) is 3. The van der Waals surface area contributed by atoms with E-state index in [1.54, 1.807) is 6.92 Å². The Morgan fingerprint density at radius 1 is 1.11 bits per heavy atom. The second-order valence-corrected chi connectivity index (χ2v) is 10.7. The number of fused-ring (bicyclic) bond motifs is 3. The topological polar surface area (TPSA) is 108 Å². The summed E-state index contributed by atoms with van der Waals surface area (Å²) in [6, 6.07) is 16.4. The Morgan fingerprint density at radius 2 is 1.74 bits per heavy atom. The number of aliphatic carboxylic acids is 1. The van der Waals surface area contributed by atoms with E-state index in [0.29, 0.717) is 12.5 Å². The number of quaternary nitrogens is 1. The van der Waals surface area contributed by atoms with Crippen molar-refractivity contribution in [3.8, 4) is 0 Å². The standard InChI is InChI=1S/C20H28O2.C8H11NO.C2H6O/c1-13(2)14-6-8-16-15(12-14)7-9-17-19(16,3)10-5-11-20(17,4)18(21)22;9-6-8(10)7-4-2-1-3-5-7;1-2-3/h6,8,12-13,17H,5,7,9-11H2,1-4H3,(H,21,22);1-5,8,10H,6,9H2;3H,2H2,1H3/t17-,19-,20-;8-;/m10./s1. The van der Waals surface area contributed by atoms with Crippen molar-refractivity contribution < 1.29 is 25.8 Å². The lowest BCUT2D eigenvalue weighted by Crippen LogP contribution is -2.56. The average Bonchev–Trinajstić information content (AvgIpc) is 2.84. The first-order valence-corrected chi connectivity index (χ1v) is 13.0. The third-order valence-corrected chi connectivity index (χ3v) is 7.97. The van der Waals surface area contributed by atoms with Crippen molar-refractivity contribution in [3.05, 3.63) is 70.8 Å². The van der Waals surface area contributed by atoms with Gasteiger partial charge in [-0.15, -0.1) is 0 Å². The molecule has 2 aromatic carbocycles. The zero-order chi connectivity index (χ0) is 26.2. The Hall–Kier alpha value is -2.21. The van der Waals surface area contributed by atoms with Gasteiger partial charge in [0.1, 0.15) is 12.6 Å². The molecule has 2 aliphatic carbocycles. The van der Waals surface area contributed by atoms with Gasteiger partial charge in [0.25, 0.3) is 0 Å². The number of carbonyl (C=O) groups excluding carboxylic acids is 1. The van der Waals surface area contributed by atoms with E-state index in [-0.39, 0.29) is 17.9 Å². The molecule has 2 aliphatic rings. The third kappa shape index (κ3) is 6.52. The SMILES string of the molecule is CC(C)c1ccc2c(c1)CC[C@H]1[C@](C)(C(=O)[O-])CCC[C@]21C.CCO.[NH3+]C[C@H](O)c1ccccc1. The highest BCUT2D eigenvalue weighted by Gasteiger charge is 2.52. The van der Waals surface area contributed by atoms with Gasteiger partial charge < -0.3 is 25.8 Å². The lowest BCUT2D eigenvalue weighted by molar-refractivity contribution is -0.385. The summed E-state index contributed by atoms with van der Waals surface area (Å²) in [6.07, 6.45) is 4.39. The molecule has 0 bridgehead atoms. The molecule has 0 heterocycles. The van der Waals surface area contributed by atoms with Crippen molar-refractivity contribution in [2.75, 3.05) is 13.2 Å². The molecule has 5 nitrogen and oxygen atoms in total. The second-order valence-electron chi connectivity index (χ2n) is 10.7. The maximum absolute atomic E-state index is 11.8. The lowest BCUT2D eigenvalue weighted by atomic mass is 9.50. The first kappa shape index (κ1) is 29.0. The fourth-order valence-corrected chi connectivity index (χ4v) is 5.96. The zero-order valence-corrected chi connectivity index (χ0v) is 22.2. The molecular weight excluding hydrogens is 438 g/mol. The first-order chi connectivity index (χ1) is 16.5. The smallest absolute Gasteiger partial charge is 0.128 e. The number of carboxylic acid groups (broad SMARTS) is 1. The number of carboxylic acids is 1. The average molecular weight is 484 g/mol. The van der Waals surface area contributed by atoms with Crippen LogP contribution < -0.4 is 10.8 Å². The maximum atomic E-state index is 11.8. The lowest BCUT2D eigenvalue weighted by Gasteiger charge is -2.56. The molecule has 0 unspecified atom stereocenters. The quantitative estimate of drug-likeness (QED) is 0.618. The minimum absolute atomic E-state index is 0.0177. The largest absolute Gasteiger partial charge is 0.550 e. The predicted octanol–water partition coefficient (Wildman–Crippen LogP) is 3.53. The van der Waals surface area contributed by atoms with Crippen molar-refractivity contribution in [2.24, 2.45) is 11.3 Å². The number of aliphatic hydroxyl groups excluding tert-OH is 2. The Labute approximate surface area is 211 Å². The Kier molecular flexibility index (Phi) is 10.5. The van der Waals surface area contributed by atoms with Crippen molar-refractivity contribution >= 4 is 5.97 Å². The summed E-state index contributed by atoms with van der Waals surface area (Å²) in [5.41, 5.74) is 8.07. The predicted molar refractivity (Wildman–Crippen MR) is 139 cm³/mol. The van der Waals surface area contributed by atoms with Crippen LogP contribution in [-0.2, 0) is 16.6 Å². The summed E-state index contributed by atoms with van der Waals surface area (Å²) in [6.45, 7) is 11.1. The molecule has 0 radical (unpaired) electrons. The Bertz CT molecular complexity index is 945. The highest BCUT2D eigenvalue weighted by Crippen LogP contribution is 2.57. The van der Waals surface area contributed by atoms with Gasteiger partial charge >= 0.3 is 0 Å². The van der Waals surface area contributed by atoms with Gasteiger partial charge in [-0.25, -0.2) is 0 Å². The van der Waals surface area contributed by atoms with Crippen LogP contribution >= 0.6 is 0 Å². The number of aliphatic hydroxyl groups is 2. The highest BCUT2D eigenvalue weighted by molar-refractivity contribution is 5.73. The normalized spacial score (nSPS) is 25.7. The van der Waals surface area contributed by atoms with Crippen molar-refractivity contribution in [1.82, 2.24) is 0 Å². The molecule has 194 valence electrons. The second kappa shape index (κ2) is 12.7. The van der Waals surface area contributed by atoms with E-state index >= 15 is 0 Å². The van der Waals surface area contributed by atoms with Gasteiger partial charge in [0.05, 0.1) is 0 Å². The van der Waals surface area contributed by atoms with Crippen LogP contribution in [0.5, 0.6) is 0 Å². The van der Waals surface area contributed by atoms with E-state index in [9.17, 15) is 15.0 Å². The maximum Gasteiger partial charge on any atom is 0.128 e. The summed E-state index contributed by atoms with van der Waals surface area (Å²) in [4.78, 5) is 11.8. The monoisotopic (exact) mass is 483 g/mol. The van der Waals surface area contributed by atoms with E-state index in [0.717, 1.165) is 37.7 Å². The van der Waals surface area contributed by atoms with Crippen LogP contribution in [-0.4, -0.2) is 29.3 Å². The molecule has 0 aliphatic heterocycles. The van der Waals surface area contributed by atoms with Crippen LogP contribution in [0.4, 0.5) is 0 Å². The number of carbonyl (C=O) groups is 1. The van der Waals surface area contributed by atoms with Crippen LogP contribution in [0, 0.1) is 11.3 Å². The van der Waals surface area contributed by atoms with Crippen LogP contribution in [0.2, 0.25) is 0 Å². The summed E-state index contributed by atoms with van der Waals surface area (Å²) in [7, 11) is 0. The summed E-state index contributed by atoms with van der Waals surface area (Å²) < 4.78 is 0. The molecule has 5 N–H and O–H groups in total. The molecule has 4 rings (SSSR count). The molecule has 1 fully saturated rings. The van der Waals surface area contributed by atoms with Crippen molar-refractivity contribution in [3.63, 3.8) is 0 Å². The fourth-order valence-electron chi connectivity index (χ4n) is 5.96. The molecular formula is C30H45NO4. The van der Waals surface area contributed by atoms with E-state index in [2.05, 4.69) is 44.7 Å². The van der Waals surface area contributed by atoms with E-state index < -0.39 is 17.5 Å². The molecule has 35 heavy (non-hydrogen) atoms. The van der Waals surface area contributed by atoms with Gasteiger partial charge in [0, 0.05) is 18.0 Å². The molecule has 1 saturated carbocycles. The van der Waals surface area contributed by atoms with Gasteiger partial charge in [-0.3, -0.25) is 0 Å². The first-order valence-electron chi connectivity index (χ1n) is 13.0.